The summed E-state index contributed by atoms with van der Waals surface area (Å²) in [7, 11) is 1.96. The molecule has 0 spiro atoms. The predicted octanol–water partition coefficient (Wildman–Crippen LogP) is 0.991. The highest BCUT2D eigenvalue weighted by atomic mass is 32.1. The first-order valence-electron chi connectivity index (χ1n) is 9.19. The molecule has 3 heterocycles. The van der Waals surface area contributed by atoms with E-state index in [2.05, 4.69) is 48.2 Å². The van der Waals surface area contributed by atoms with Gasteiger partial charge in [0.15, 0.2) is 11.8 Å². The maximum atomic E-state index is 4.76. The molecule has 27 heavy (non-hydrogen) atoms. The summed E-state index contributed by atoms with van der Waals surface area (Å²) in [6.07, 6.45) is 2.71. The first kappa shape index (κ1) is 19.3. The van der Waals surface area contributed by atoms with Gasteiger partial charge < -0.3 is 19.7 Å². The number of aromatic nitrogens is 5. The minimum atomic E-state index is 0.493. The van der Waals surface area contributed by atoms with Crippen molar-refractivity contribution in [2.45, 2.75) is 26.8 Å². The largest absolute Gasteiger partial charge is 0.353 e. The van der Waals surface area contributed by atoms with Gasteiger partial charge in [-0.3, -0.25) is 0 Å². The van der Waals surface area contributed by atoms with E-state index in [1.807, 2.05) is 24.6 Å². The fraction of sp³-hybridized carbons (Fsp3) is 0.588. The monoisotopic (exact) mass is 389 g/mol. The quantitative estimate of drug-likeness (QED) is 0.448. The van der Waals surface area contributed by atoms with Crippen LogP contribution in [-0.4, -0.2) is 67.7 Å². The van der Waals surface area contributed by atoms with Crippen LogP contribution in [0.5, 0.6) is 0 Å². The number of aryl methyl sites for hydroxylation is 2. The number of nitrogens with zero attached hydrogens (tertiary/aromatic N) is 8. The van der Waals surface area contributed by atoms with E-state index in [1.54, 1.807) is 0 Å². The first-order chi connectivity index (χ1) is 13.1. The van der Waals surface area contributed by atoms with Crippen molar-refractivity contribution in [3.05, 3.63) is 30.1 Å². The summed E-state index contributed by atoms with van der Waals surface area (Å²) in [5.41, 5.74) is 0. The van der Waals surface area contributed by atoms with E-state index in [9.17, 15) is 0 Å². The van der Waals surface area contributed by atoms with Crippen molar-refractivity contribution in [1.82, 2.24) is 34.3 Å². The van der Waals surface area contributed by atoms with Crippen LogP contribution in [0.2, 0.25) is 0 Å². The SMILES string of the molecule is C=CCNC(=NCc1nnc(C)n1C)N1CCN(c2nc(CC)ns2)CC1. The lowest BCUT2D eigenvalue weighted by molar-refractivity contribution is 0.372. The summed E-state index contributed by atoms with van der Waals surface area (Å²) in [4.78, 5) is 13.9. The molecule has 9 nitrogen and oxygen atoms in total. The minimum Gasteiger partial charge on any atom is -0.353 e. The van der Waals surface area contributed by atoms with Crippen molar-refractivity contribution >= 4 is 22.6 Å². The van der Waals surface area contributed by atoms with E-state index in [1.165, 1.54) is 11.5 Å². The Morgan fingerprint density at radius 3 is 2.67 bits per heavy atom. The van der Waals surface area contributed by atoms with Gasteiger partial charge in [-0.05, 0) is 6.92 Å². The summed E-state index contributed by atoms with van der Waals surface area (Å²) in [5.74, 6) is 3.54. The molecule has 146 valence electrons. The van der Waals surface area contributed by atoms with E-state index >= 15 is 0 Å². The molecule has 2 aromatic heterocycles. The average Bonchev–Trinajstić information content (AvgIpc) is 3.30. The van der Waals surface area contributed by atoms with Gasteiger partial charge >= 0.3 is 0 Å². The number of rotatable bonds is 6. The van der Waals surface area contributed by atoms with E-state index in [0.717, 1.165) is 61.2 Å². The van der Waals surface area contributed by atoms with Crippen LogP contribution < -0.4 is 10.2 Å². The van der Waals surface area contributed by atoms with Crippen LogP contribution >= 0.6 is 11.5 Å². The summed E-state index contributed by atoms with van der Waals surface area (Å²) in [6, 6.07) is 0. The Hall–Kier alpha value is -2.49. The lowest BCUT2D eigenvalue weighted by Gasteiger charge is -2.36. The molecule has 2 aromatic rings. The van der Waals surface area contributed by atoms with Crippen molar-refractivity contribution in [1.29, 1.82) is 0 Å². The fourth-order valence-corrected chi connectivity index (χ4v) is 3.59. The summed E-state index contributed by atoms with van der Waals surface area (Å²) in [5, 5.41) is 12.7. The van der Waals surface area contributed by atoms with Crippen molar-refractivity contribution in [2.24, 2.45) is 12.0 Å². The Kier molecular flexibility index (Phi) is 6.38. The van der Waals surface area contributed by atoms with Crippen LogP contribution in [0.1, 0.15) is 24.4 Å². The first-order valence-corrected chi connectivity index (χ1v) is 9.96. The van der Waals surface area contributed by atoms with E-state index in [0.29, 0.717) is 13.1 Å². The van der Waals surface area contributed by atoms with Gasteiger partial charge in [-0.15, -0.1) is 16.8 Å². The number of anilines is 1. The van der Waals surface area contributed by atoms with Gasteiger partial charge in [0, 0.05) is 57.7 Å². The van der Waals surface area contributed by atoms with Crippen LogP contribution in [0.25, 0.3) is 0 Å². The van der Waals surface area contributed by atoms with Gasteiger partial charge in [-0.25, -0.2) is 9.98 Å². The highest BCUT2D eigenvalue weighted by Gasteiger charge is 2.22. The van der Waals surface area contributed by atoms with Crippen molar-refractivity contribution in [2.75, 3.05) is 37.6 Å². The molecule has 3 rings (SSSR count). The van der Waals surface area contributed by atoms with Crippen LogP contribution in [-0.2, 0) is 20.0 Å². The van der Waals surface area contributed by atoms with E-state index < -0.39 is 0 Å². The van der Waals surface area contributed by atoms with Gasteiger partial charge in [0.05, 0.1) is 0 Å². The van der Waals surface area contributed by atoms with Crippen LogP contribution in [0.3, 0.4) is 0 Å². The number of nitrogens with one attached hydrogen (secondary N) is 1. The molecule has 1 saturated heterocycles. The number of hydrogen-bond acceptors (Lipinski definition) is 7. The number of hydrogen-bond donors (Lipinski definition) is 1. The topological polar surface area (TPSA) is 87.4 Å². The molecule has 1 aliphatic heterocycles. The zero-order chi connectivity index (χ0) is 19.2. The Balaban J connectivity index is 1.64. The Morgan fingerprint density at radius 2 is 2.07 bits per heavy atom. The smallest absolute Gasteiger partial charge is 0.205 e. The number of aliphatic imine (C=N–C) groups is 1. The molecule has 1 aliphatic rings. The zero-order valence-electron chi connectivity index (χ0n) is 16.2. The molecule has 1 fully saturated rings. The van der Waals surface area contributed by atoms with E-state index in [4.69, 9.17) is 4.99 Å². The predicted molar refractivity (Wildman–Crippen MR) is 108 cm³/mol. The molecule has 10 heteroatoms. The third-order valence-corrected chi connectivity index (χ3v) is 5.40. The average molecular weight is 390 g/mol. The third kappa shape index (κ3) is 4.62. The Labute approximate surface area is 164 Å². The molecular weight excluding hydrogens is 362 g/mol. The molecule has 0 bridgehead atoms. The maximum absolute atomic E-state index is 4.76. The van der Waals surface area contributed by atoms with Crippen LogP contribution in [0, 0.1) is 6.92 Å². The second kappa shape index (κ2) is 8.94. The molecule has 0 aliphatic carbocycles. The maximum Gasteiger partial charge on any atom is 0.205 e. The van der Waals surface area contributed by atoms with Crippen LogP contribution in [0.4, 0.5) is 5.13 Å². The Morgan fingerprint density at radius 1 is 1.30 bits per heavy atom. The van der Waals surface area contributed by atoms with Gasteiger partial charge in [-0.1, -0.05) is 13.0 Å². The fourth-order valence-electron chi connectivity index (χ4n) is 2.79. The molecule has 0 unspecified atom stereocenters. The molecule has 0 atom stereocenters. The van der Waals surface area contributed by atoms with Gasteiger partial charge in [0.2, 0.25) is 5.13 Å². The van der Waals surface area contributed by atoms with E-state index in [-0.39, 0.29) is 0 Å². The molecule has 0 radical (unpaired) electrons. The standard InChI is InChI=1S/C17H27N9S/c1-5-7-18-16(19-12-15-22-21-13(3)24(15)4)25-8-10-26(11-9-25)17-20-14(6-2)23-27-17/h5H,1,6-12H2,2-4H3,(H,18,19). The summed E-state index contributed by atoms with van der Waals surface area (Å²) >= 11 is 1.48. The van der Waals surface area contributed by atoms with Crippen molar-refractivity contribution in [3.8, 4) is 0 Å². The zero-order valence-corrected chi connectivity index (χ0v) is 17.0. The molecule has 0 saturated carbocycles. The van der Waals surface area contributed by atoms with Crippen molar-refractivity contribution in [3.63, 3.8) is 0 Å². The van der Waals surface area contributed by atoms with Gasteiger partial charge in [0.1, 0.15) is 18.2 Å². The van der Waals surface area contributed by atoms with Gasteiger partial charge in [-0.2, -0.15) is 4.37 Å². The third-order valence-electron chi connectivity index (χ3n) is 4.58. The summed E-state index contributed by atoms with van der Waals surface area (Å²) < 4.78 is 6.36. The molecule has 0 amide bonds. The Bertz CT molecular complexity index is 786. The molecule has 1 N–H and O–H groups in total. The van der Waals surface area contributed by atoms with Gasteiger partial charge in [0.25, 0.3) is 0 Å². The number of guanidine groups is 1. The summed E-state index contributed by atoms with van der Waals surface area (Å²) in [6.45, 7) is 12.5. The normalized spacial score (nSPS) is 15.3. The second-order valence-corrected chi connectivity index (χ2v) is 7.08. The minimum absolute atomic E-state index is 0.493. The van der Waals surface area contributed by atoms with Crippen molar-refractivity contribution < 1.29 is 0 Å². The molecular formula is C17H27N9S. The van der Waals surface area contributed by atoms with Crippen LogP contribution in [0.15, 0.2) is 17.6 Å². The molecule has 0 aromatic carbocycles. The lowest BCUT2D eigenvalue weighted by atomic mass is 10.3. The lowest BCUT2D eigenvalue weighted by Crippen LogP contribution is -2.52. The highest BCUT2D eigenvalue weighted by Crippen LogP contribution is 2.19. The highest BCUT2D eigenvalue weighted by molar-refractivity contribution is 7.09. The second-order valence-electron chi connectivity index (χ2n) is 6.35. The number of piperazine rings is 1.